The summed E-state index contributed by atoms with van der Waals surface area (Å²) in [6.07, 6.45) is 2.13. The zero-order valence-electron chi connectivity index (χ0n) is 10.3. The van der Waals surface area contributed by atoms with Crippen LogP contribution in [0.25, 0.3) is 0 Å². The van der Waals surface area contributed by atoms with Crippen LogP contribution < -0.4 is 0 Å². The molecule has 94 valence electrons. The van der Waals surface area contributed by atoms with Gasteiger partial charge in [-0.1, -0.05) is 25.1 Å². The third-order valence-corrected chi connectivity index (χ3v) is 3.59. The Morgan fingerprint density at radius 1 is 1.41 bits per heavy atom. The summed E-state index contributed by atoms with van der Waals surface area (Å²) >= 11 is 0. The molecule has 1 fully saturated rings. The average molecular weight is 237 g/mol. The molecule has 1 aromatic rings. The van der Waals surface area contributed by atoms with Gasteiger partial charge in [-0.2, -0.15) is 0 Å². The molecule has 1 aliphatic rings. The van der Waals surface area contributed by atoms with Crippen molar-refractivity contribution in [3.05, 3.63) is 35.6 Å². The van der Waals surface area contributed by atoms with Gasteiger partial charge in [-0.3, -0.25) is 4.90 Å². The van der Waals surface area contributed by atoms with E-state index in [4.69, 9.17) is 0 Å². The van der Waals surface area contributed by atoms with Gasteiger partial charge in [-0.15, -0.1) is 0 Å². The molecular weight excluding hydrogens is 217 g/mol. The number of rotatable bonds is 3. The lowest BCUT2D eigenvalue weighted by Crippen LogP contribution is -2.43. The number of aliphatic hydroxyl groups is 1. The van der Waals surface area contributed by atoms with Gasteiger partial charge in [0.05, 0.1) is 0 Å². The fourth-order valence-electron chi connectivity index (χ4n) is 2.56. The van der Waals surface area contributed by atoms with Crippen molar-refractivity contribution >= 4 is 0 Å². The second kappa shape index (κ2) is 5.15. The molecule has 2 nitrogen and oxygen atoms in total. The summed E-state index contributed by atoms with van der Waals surface area (Å²) in [5.41, 5.74) is 0.721. The summed E-state index contributed by atoms with van der Waals surface area (Å²) in [5.74, 6) is -0.135. The number of hydrogen-bond donors (Lipinski definition) is 1. The van der Waals surface area contributed by atoms with Gasteiger partial charge >= 0.3 is 0 Å². The van der Waals surface area contributed by atoms with E-state index in [1.165, 1.54) is 6.07 Å². The Balaban J connectivity index is 2.02. The van der Waals surface area contributed by atoms with Crippen LogP contribution in [0.3, 0.4) is 0 Å². The third-order valence-electron chi connectivity index (χ3n) is 3.59. The molecule has 0 radical (unpaired) electrons. The van der Waals surface area contributed by atoms with E-state index >= 15 is 0 Å². The molecule has 0 amide bonds. The van der Waals surface area contributed by atoms with Crippen LogP contribution in [0.5, 0.6) is 0 Å². The largest absolute Gasteiger partial charge is 0.396 e. The maximum atomic E-state index is 13.5. The second-order valence-corrected chi connectivity index (χ2v) is 5.37. The van der Waals surface area contributed by atoms with Crippen LogP contribution in [0.15, 0.2) is 24.3 Å². The van der Waals surface area contributed by atoms with E-state index in [0.29, 0.717) is 6.54 Å². The number of nitrogens with zero attached hydrogens (tertiary/aromatic N) is 1. The fourth-order valence-corrected chi connectivity index (χ4v) is 2.56. The molecule has 0 bridgehead atoms. The number of aliphatic hydroxyl groups excluding tert-OH is 1. The molecule has 0 spiro atoms. The van der Waals surface area contributed by atoms with Gasteiger partial charge in [0.25, 0.3) is 0 Å². The Kier molecular flexibility index (Phi) is 3.79. The van der Waals surface area contributed by atoms with Gasteiger partial charge in [0, 0.05) is 30.7 Å². The monoisotopic (exact) mass is 237 g/mol. The Bertz CT molecular complexity index is 382. The summed E-state index contributed by atoms with van der Waals surface area (Å²) in [5, 5.41) is 9.39. The summed E-state index contributed by atoms with van der Waals surface area (Å²) in [7, 11) is 0. The number of likely N-dealkylation sites (tertiary alicyclic amines) is 1. The molecule has 0 aliphatic carbocycles. The molecule has 1 atom stereocenters. The first kappa shape index (κ1) is 12.5. The van der Waals surface area contributed by atoms with Gasteiger partial charge < -0.3 is 5.11 Å². The van der Waals surface area contributed by atoms with Crippen LogP contribution >= 0.6 is 0 Å². The predicted molar refractivity (Wildman–Crippen MR) is 66.1 cm³/mol. The highest BCUT2D eigenvalue weighted by atomic mass is 19.1. The van der Waals surface area contributed by atoms with Crippen LogP contribution in [0.2, 0.25) is 0 Å². The Hall–Kier alpha value is -0.930. The highest BCUT2D eigenvalue weighted by Crippen LogP contribution is 2.29. The van der Waals surface area contributed by atoms with Gasteiger partial charge in [0.2, 0.25) is 0 Å². The second-order valence-electron chi connectivity index (χ2n) is 5.37. The molecular formula is C14H20FNO. The number of halogens is 1. The summed E-state index contributed by atoms with van der Waals surface area (Å²) in [6, 6.07) is 6.92. The summed E-state index contributed by atoms with van der Waals surface area (Å²) < 4.78 is 13.5. The lowest BCUT2D eigenvalue weighted by Gasteiger charge is -2.39. The molecule has 1 unspecified atom stereocenters. The average Bonchev–Trinajstić information content (AvgIpc) is 2.32. The van der Waals surface area contributed by atoms with Crippen molar-refractivity contribution in [2.75, 3.05) is 19.7 Å². The molecule has 1 aromatic carbocycles. The van der Waals surface area contributed by atoms with Crippen LogP contribution in [-0.4, -0.2) is 29.7 Å². The quantitative estimate of drug-likeness (QED) is 0.872. The number of hydrogen-bond acceptors (Lipinski definition) is 2. The number of benzene rings is 1. The first-order valence-electron chi connectivity index (χ1n) is 6.20. The predicted octanol–water partition coefficient (Wildman–Crippen LogP) is 2.42. The van der Waals surface area contributed by atoms with E-state index in [1.807, 2.05) is 12.1 Å². The van der Waals surface area contributed by atoms with Crippen LogP contribution in [0, 0.1) is 11.2 Å². The van der Waals surface area contributed by atoms with E-state index in [2.05, 4.69) is 11.8 Å². The van der Waals surface area contributed by atoms with Crippen molar-refractivity contribution < 1.29 is 9.50 Å². The molecule has 1 saturated heterocycles. The van der Waals surface area contributed by atoms with Crippen molar-refractivity contribution in [2.24, 2.45) is 5.41 Å². The van der Waals surface area contributed by atoms with E-state index in [1.54, 1.807) is 6.07 Å². The minimum absolute atomic E-state index is 0.0243. The lowest BCUT2D eigenvalue weighted by atomic mass is 9.82. The SMILES string of the molecule is CC1(CO)CCCN(Cc2ccccc2F)C1. The van der Waals surface area contributed by atoms with Crippen molar-refractivity contribution in [3.8, 4) is 0 Å². The van der Waals surface area contributed by atoms with Gasteiger partial charge in [-0.05, 0) is 25.5 Å². The van der Waals surface area contributed by atoms with Crippen molar-refractivity contribution in [2.45, 2.75) is 26.3 Å². The van der Waals surface area contributed by atoms with Crippen molar-refractivity contribution in [1.82, 2.24) is 4.90 Å². The standard InChI is InChI=1S/C14H20FNO/c1-14(11-17)7-4-8-16(10-14)9-12-5-2-3-6-13(12)15/h2-3,5-6,17H,4,7-11H2,1H3. The minimum Gasteiger partial charge on any atom is -0.396 e. The Morgan fingerprint density at radius 2 is 2.18 bits per heavy atom. The summed E-state index contributed by atoms with van der Waals surface area (Å²) in [4.78, 5) is 2.23. The minimum atomic E-state index is -0.135. The summed E-state index contributed by atoms with van der Waals surface area (Å²) in [6.45, 7) is 4.78. The zero-order valence-corrected chi connectivity index (χ0v) is 10.3. The van der Waals surface area contributed by atoms with E-state index < -0.39 is 0 Å². The van der Waals surface area contributed by atoms with Gasteiger partial charge in [0.15, 0.2) is 0 Å². The molecule has 2 rings (SSSR count). The van der Waals surface area contributed by atoms with Crippen molar-refractivity contribution in [1.29, 1.82) is 0 Å². The van der Waals surface area contributed by atoms with E-state index in [0.717, 1.165) is 31.5 Å². The first-order chi connectivity index (χ1) is 8.13. The van der Waals surface area contributed by atoms with Crippen LogP contribution in [-0.2, 0) is 6.54 Å². The molecule has 1 heterocycles. The van der Waals surface area contributed by atoms with E-state index in [-0.39, 0.29) is 17.8 Å². The topological polar surface area (TPSA) is 23.5 Å². The van der Waals surface area contributed by atoms with Crippen LogP contribution in [0.4, 0.5) is 4.39 Å². The van der Waals surface area contributed by atoms with E-state index in [9.17, 15) is 9.50 Å². The fraction of sp³-hybridized carbons (Fsp3) is 0.571. The molecule has 0 saturated carbocycles. The maximum Gasteiger partial charge on any atom is 0.127 e. The molecule has 1 N–H and O–H groups in total. The normalized spacial score (nSPS) is 26.1. The number of piperidine rings is 1. The molecule has 3 heteroatoms. The Morgan fingerprint density at radius 3 is 2.88 bits per heavy atom. The third kappa shape index (κ3) is 3.05. The zero-order chi connectivity index (χ0) is 12.3. The molecule has 1 aliphatic heterocycles. The molecule has 0 aromatic heterocycles. The smallest absolute Gasteiger partial charge is 0.127 e. The van der Waals surface area contributed by atoms with Crippen LogP contribution in [0.1, 0.15) is 25.3 Å². The van der Waals surface area contributed by atoms with Gasteiger partial charge in [0.1, 0.15) is 5.82 Å². The lowest BCUT2D eigenvalue weighted by molar-refractivity contribution is 0.0424. The highest BCUT2D eigenvalue weighted by molar-refractivity contribution is 5.17. The first-order valence-corrected chi connectivity index (χ1v) is 6.20. The van der Waals surface area contributed by atoms with Gasteiger partial charge in [-0.25, -0.2) is 4.39 Å². The maximum absolute atomic E-state index is 13.5. The highest BCUT2D eigenvalue weighted by Gasteiger charge is 2.30. The Labute approximate surface area is 102 Å². The van der Waals surface area contributed by atoms with Crippen molar-refractivity contribution in [3.63, 3.8) is 0 Å². The molecule has 17 heavy (non-hydrogen) atoms.